The quantitative estimate of drug-likeness (QED) is 0.551. The van der Waals surface area contributed by atoms with Crippen molar-refractivity contribution in [2.75, 3.05) is 12.8 Å². The zero-order valence-corrected chi connectivity index (χ0v) is 15.3. The van der Waals surface area contributed by atoms with Crippen molar-refractivity contribution < 1.29 is 9.42 Å². The highest BCUT2D eigenvalue weighted by molar-refractivity contribution is 7.99. The van der Waals surface area contributed by atoms with E-state index in [0.29, 0.717) is 22.6 Å². The predicted molar refractivity (Wildman–Crippen MR) is 99.4 cm³/mol. The number of amides is 1. The Hall–Kier alpha value is -3.40. The number of nitrogen functional groups attached to an aromatic ring is 1. The van der Waals surface area contributed by atoms with Crippen molar-refractivity contribution in [2.45, 2.75) is 16.8 Å². The molecule has 4 aromatic rings. The summed E-state index contributed by atoms with van der Waals surface area (Å²) >= 11 is 1.45. The fraction of sp³-hybridized carbons (Fsp3) is 0.118. The van der Waals surface area contributed by atoms with Crippen LogP contribution in [0.5, 0.6) is 0 Å². The third-order valence-corrected chi connectivity index (χ3v) is 4.92. The molecule has 27 heavy (non-hydrogen) atoms. The first-order chi connectivity index (χ1) is 13.1. The van der Waals surface area contributed by atoms with E-state index in [9.17, 15) is 4.79 Å². The molecule has 0 saturated heterocycles. The molecule has 4 rings (SSSR count). The lowest BCUT2D eigenvalue weighted by molar-refractivity contribution is 0.0963. The van der Waals surface area contributed by atoms with Crippen molar-refractivity contribution in [3.63, 3.8) is 0 Å². The molecule has 0 saturated carbocycles. The van der Waals surface area contributed by atoms with Gasteiger partial charge < -0.3 is 11.1 Å². The SMILES string of the molecule is CNC(=O)c1cccc(Sc2cn3c(C)c(-c4nonc4N)nc3cn2)c1. The summed E-state index contributed by atoms with van der Waals surface area (Å²) in [6.07, 6.45) is 3.55. The maximum Gasteiger partial charge on any atom is 0.251 e. The molecule has 0 aliphatic heterocycles. The first kappa shape index (κ1) is 17.0. The summed E-state index contributed by atoms with van der Waals surface area (Å²) in [5.41, 5.74) is 8.88. The Kier molecular flexibility index (Phi) is 4.24. The van der Waals surface area contributed by atoms with Crippen LogP contribution in [0.2, 0.25) is 0 Å². The number of nitrogens with two attached hydrogens (primary N) is 1. The molecule has 0 atom stereocenters. The zero-order valence-electron chi connectivity index (χ0n) is 14.5. The minimum Gasteiger partial charge on any atom is -0.379 e. The van der Waals surface area contributed by atoms with Gasteiger partial charge in [0.2, 0.25) is 0 Å². The second-order valence-electron chi connectivity index (χ2n) is 5.71. The normalized spacial score (nSPS) is 11.0. The van der Waals surface area contributed by atoms with Gasteiger partial charge >= 0.3 is 0 Å². The van der Waals surface area contributed by atoms with Gasteiger partial charge in [0.25, 0.3) is 5.91 Å². The summed E-state index contributed by atoms with van der Waals surface area (Å²) in [5, 5.41) is 10.8. The highest BCUT2D eigenvalue weighted by Crippen LogP contribution is 2.29. The Morgan fingerprint density at radius 3 is 2.89 bits per heavy atom. The highest BCUT2D eigenvalue weighted by Gasteiger charge is 2.18. The van der Waals surface area contributed by atoms with Crippen molar-refractivity contribution in [3.05, 3.63) is 47.9 Å². The Labute approximate surface area is 158 Å². The number of carbonyl (C=O) groups is 1. The summed E-state index contributed by atoms with van der Waals surface area (Å²) in [6.45, 7) is 1.91. The summed E-state index contributed by atoms with van der Waals surface area (Å²) in [7, 11) is 1.61. The molecule has 0 radical (unpaired) electrons. The number of aromatic nitrogens is 5. The van der Waals surface area contributed by atoms with E-state index in [2.05, 4.69) is 30.2 Å². The maximum absolute atomic E-state index is 11.8. The lowest BCUT2D eigenvalue weighted by Crippen LogP contribution is -2.17. The van der Waals surface area contributed by atoms with E-state index >= 15 is 0 Å². The monoisotopic (exact) mass is 381 g/mol. The molecule has 9 nitrogen and oxygen atoms in total. The van der Waals surface area contributed by atoms with E-state index < -0.39 is 0 Å². The van der Waals surface area contributed by atoms with Crippen LogP contribution in [0, 0.1) is 6.92 Å². The Bertz CT molecular complexity index is 1150. The van der Waals surface area contributed by atoms with Crippen LogP contribution >= 0.6 is 11.8 Å². The number of hydrogen-bond donors (Lipinski definition) is 2. The molecule has 3 heterocycles. The van der Waals surface area contributed by atoms with Gasteiger partial charge in [-0.15, -0.1) is 0 Å². The fourth-order valence-corrected chi connectivity index (χ4v) is 3.49. The second-order valence-corrected chi connectivity index (χ2v) is 6.80. The van der Waals surface area contributed by atoms with Crippen LogP contribution in [0.25, 0.3) is 17.0 Å². The largest absolute Gasteiger partial charge is 0.379 e. The van der Waals surface area contributed by atoms with Crippen LogP contribution < -0.4 is 11.1 Å². The zero-order chi connectivity index (χ0) is 19.0. The van der Waals surface area contributed by atoms with Crippen LogP contribution in [-0.2, 0) is 0 Å². The third kappa shape index (κ3) is 3.10. The molecule has 136 valence electrons. The predicted octanol–water partition coefficient (Wildman–Crippen LogP) is 2.18. The van der Waals surface area contributed by atoms with E-state index in [1.807, 2.05) is 35.7 Å². The number of carbonyl (C=O) groups excluding carboxylic acids is 1. The van der Waals surface area contributed by atoms with E-state index in [-0.39, 0.29) is 11.7 Å². The minimum atomic E-state index is -0.130. The lowest BCUT2D eigenvalue weighted by Gasteiger charge is -2.05. The van der Waals surface area contributed by atoms with Crippen molar-refractivity contribution in [3.8, 4) is 11.4 Å². The molecule has 3 N–H and O–H groups in total. The van der Waals surface area contributed by atoms with Crippen molar-refractivity contribution in [1.29, 1.82) is 0 Å². The van der Waals surface area contributed by atoms with Gasteiger partial charge in [0.15, 0.2) is 17.2 Å². The van der Waals surface area contributed by atoms with Crippen LogP contribution in [0.4, 0.5) is 5.82 Å². The van der Waals surface area contributed by atoms with Gasteiger partial charge in [-0.2, -0.15) is 0 Å². The van der Waals surface area contributed by atoms with Crippen molar-refractivity contribution in [2.24, 2.45) is 0 Å². The second kappa shape index (κ2) is 6.72. The van der Waals surface area contributed by atoms with Crippen molar-refractivity contribution in [1.82, 2.24) is 30.0 Å². The standard InChI is InChI=1S/C17H15N7O2S/c1-9-14(15-16(18)23-26-22-15)21-12-7-20-13(8-24(9)12)27-11-5-3-4-10(6-11)17(25)19-2/h3-8H,1-2H3,(H2,18,23)(H,19,25). The average molecular weight is 381 g/mol. The lowest BCUT2D eigenvalue weighted by atomic mass is 10.2. The molecule has 0 bridgehead atoms. The number of benzene rings is 1. The number of nitrogens with zero attached hydrogens (tertiary/aromatic N) is 5. The molecule has 0 spiro atoms. The maximum atomic E-state index is 11.8. The number of rotatable bonds is 4. The fourth-order valence-electron chi connectivity index (χ4n) is 2.66. The van der Waals surface area contributed by atoms with E-state index in [1.54, 1.807) is 19.3 Å². The van der Waals surface area contributed by atoms with Crippen LogP contribution in [-0.4, -0.2) is 37.6 Å². The van der Waals surface area contributed by atoms with Gasteiger partial charge in [0.1, 0.15) is 10.7 Å². The third-order valence-electron chi connectivity index (χ3n) is 4.01. The number of hydrogen-bond acceptors (Lipinski definition) is 8. The first-order valence-corrected chi connectivity index (χ1v) is 8.81. The van der Waals surface area contributed by atoms with Crippen molar-refractivity contribution >= 4 is 29.1 Å². The Morgan fingerprint density at radius 1 is 1.30 bits per heavy atom. The number of nitrogens with one attached hydrogen (secondary N) is 1. The van der Waals surface area contributed by atoms with Gasteiger partial charge in [0, 0.05) is 29.4 Å². The summed E-state index contributed by atoms with van der Waals surface area (Å²) in [6, 6.07) is 7.36. The Balaban J connectivity index is 1.69. The smallest absolute Gasteiger partial charge is 0.251 e. The van der Waals surface area contributed by atoms with Gasteiger partial charge in [-0.1, -0.05) is 17.8 Å². The number of aryl methyl sites for hydroxylation is 1. The van der Waals surface area contributed by atoms with Gasteiger partial charge in [0.05, 0.1) is 6.20 Å². The van der Waals surface area contributed by atoms with Crippen LogP contribution in [0.3, 0.4) is 0 Å². The molecular weight excluding hydrogens is 366 g/mol. The average Bonchev–Trinajstić information content (AvgIpc) is 3.24. The highest BCUT2D eigenvalue weighted by atomic mass is 32.2. The molecule has 1 amide bonds. The molecule has 0 aliphatic carbocycles. The van der Waals surface area contributed by atoms with Crippen LogP contribution in [0.15, 0.2) is 51.2 Å². The van der Waals surface area contributed by atoms with Gasteiger partial charge in [-0.25, -0.2) is 14.6 Å². The number of imidazole rings is 1. The van der Waals surface area contributed by atoms with E-state index in [4.69, 9.17) is 5.73 Å². The summed E-state index contributed by atoms with van der Waals surface area (Å²) in [5.74, 6) is 0.0600. The van der Waals surface area contributed by atoms with Gasteiger partial charge in [-0.05, 0) is 35.4 Å². The molecule has 0 fully saturated rings. The van der Waals surface area contributed by atoms with Crippen LogP contribution in [0.1, 0.15) is 16.1 Å². The number of anilines is 1. The summed E-state index contributed by atoms with van der Waals surface area (Å²) in [4.78, 5) is 21.7. The molecule has 1 aromatic carbocycles. The topological polar surface area (TPSA) is 124 Å². The molecule has 0 aliphatic rings. The van der Waals surface area contributed by atoms with Gasteiger partial charge in [-0.3, -0.25) is 9.20 Å². The Morgan fingerprint density at radius 2 is 2.15 bits per heavy atom. The molecule has 0 unspecified atom stereocenters. The molecular formula is C17H15N7O2S. The molecule has 3 aromatic heterocycles. The molecule has 10 heteroatoms. The summed E-state index contributed by atoms with van der Waals surface area (Å²) < 4.78 is 6.57. The van der Waals surface area contributed by atoms with E-state index in [0.717, 1.165) is 15.6 Å². The minimum absolute atomic E-state index is 0.130. The number of fused-ring (bicyclic) bond motifs is 1. The van der Waals surface area contributed by atoms with E-state index in [1.165, 1.54) is 11.8 Å². The first-order valence-electron chi connectivity index (χ1n) is 8.00.